The Kier molecular flexibility index (Phi) is 19.8. The monoisotopic (exact) mass is 1410 g/mol. The van der Waals surface area contributed by atoms with E-state index in [1.54, 1.807) is 71.6 Å². The van der Waals surface area contributed by atoms with Crippen LogP contribution in [0.5, 0.6) is 0 Å². The Morgan fingerprint density at radius 3 is 1.07 bits per heavy atom. The fraction of sp³-hybridized carbons (Fsp3) is 0.169. The van der Waals surface area contributed by atoms with E-state index in [2.05, 4.69) is 100.0 Å². The molecule has 14 nitrogen and oxygen atoms in total. The topological polar surface area (TPSA) is 180 Å². The van der Waals surface area contributed by atoms with Crippen molar-refractivity contribution in [3.8, 4) is 42.3 Å². The SMILES string of the molecule is CN(C(=O)OC(C)(C)C)c1ccc(-c2nc3ccc(Br)cc3s2)cc1.Cc1ccc2nc(-c3ccc(N(C)C(=O)OC(C)(C)C)cc3)sc2c1.Nc1ccc(-c2nc3ccc(Br)cc3s2)cc1.O=[N+]([O-])c1ccc(-c2nc3ccc(Br)cc3s2)cc1. The van der Waals surface area contributed by atoms with Gasteiger partial charge >= 0.3 is 12.2 Å². The van der Waals surface area contributed by atoms with E-state index in [1.807, 2.05) is 157 Å². The van der Waals surface area contributed by atoms with Crippen LogP contribution < -0.4 is 15.5 Å². The summed E-state index contributed by atoms with van der Waals surface area (Å²) in [6, 6.07) is 54.2. The second-order valence-electron chi connectivity index (χ2n) is 21.5. The number of carbonyl (C=O) groups is 2. The van der Waals surface area contributed by atoms with Gasteiger partial charge < -0.3 is 15.2 Å². The summed E-state index contributed by atoms with van der Waals surface area (Å²) >= 11 is 17.0. The third-order valence-electron chi connectivity index (χ3n) is 12.4. The molecule has 0 aliphatic carbocycles. The number of benzene rings is 8. The van der Waals surface area contributed by atoms with Gasteiger partial charge in [-0.15, -0.1) is 45.3 Å². The Morgan fingerprint density at radius 2 is 0.756 bits per heavy atom. The lowest BCUT2D eigenvalue weighted by atomic mass is 10.2. The number of hydrogen-bond acceptors (Lipinski definition) is 15. The van der Waals surface area contributed by atoms with Crippen LogP contribution in [0, 0.1) is 17.0 Å². The first kappa shape index (κ1) is 63.0. The number of fused-ring (bicyclic) bond motifs is 4. The summed E-state index contributed by atoms with van der Waals surface area (Å²) in [5.74, 6) is 0. The first-order chi connectivity index (χ1) is 40.8. The highest BCUT2D eigenvalue weighted by Gasteiger charge is 2.22. The van der Waals surface area contributed by atoms with Crippen molar-refractivity contribution in [2.24, 2.45) is 0 Å². The minimum atomic E-state index is -0.513. The van der Waals surface area contributed by atoms with Gasteiger partial charge in [0.25, 0.3) is 5.69 Å². The number of nitrogen functional groups attached to an aromatic ring is 1. The normalized spacial score (nSPS) is 11.3. The number of aromatic nitrogens is 4. The van der Waals surface area contributed by atoms with Gasteiger partial charge in [-0.1, -0.05) is 53.9 Å². The molecule has 0 spiro atoms. The van der Waals surface area contributed by atoms with E-state index in [0.29, 0.717) is 0 Å². The molecule has 4 heterocycles. The van der Waals surface area contributed by atoms with Crippen LogP contribution in [0.15, 0.2) is 183 Å². The number of anilines is 3. The number of halogens is 3. The van der Waals surface area contributed by atoms with Crippen molar-refractivity contribution in [1.29, 1.82) is 0 Å². The van der Waals surface area contributed by atoms with Crippen molar-refractivity contribution in [2.45, 2.75) is 59.7 Å². The van der Waals surface area contributed by atoms with Crippen molar-refractivity contribution in [1.82, 2.24) is 19.9 Å². The van der Waals surface area contributed by atoms with Gasteiger partial charge in [0.15, 0.2) is 0 Å². The Balaban J connectivity index is 0.000000139. The van der Waals surface area contributed by atoms with Crippen molar-refractivity contribution >= 4 is 169 Å². The van der Waals surface area contributed by atoms with Crippen molar-refractivity contribution in [3.05, 3.63) is 199 Å². The molecule has 0 bridgehead atoms. The molecule has 0 saturated carbocycles. The van der Waals surface area contributed by atoms with Crippen molar-refractivity contribution in [3.63, 3.8) is 0 Å². The first-order valence-corrected chi connectivity index (χ1v) is 32.3. The van der Waals surface area contributed by atoms with Gasteiger partial charge in [0.1, 0.15) is 31.2 Å². The molecular formula is C65H57Br3N8O6S4. The summed E-state index contributed by atoms with van der Waals surface area (Å²) in [6.45, 7) is 13.2. The Labute approximate surface area is 538 Å². The van der Waals surface area contributed by atoms with Crippen LogP contribution in [0.1, 0.15) is 47.1 Å². The number of rotatable bonds is 7. The minimum absolute atomic E-state index is 0.0904. The van der Waals surface area contributed by atoms with Crippen LogP contribution in [-0.4, -0.2) is 62.3 Å². The molecule has 2 amide bonds. The molecule has 0 aliphatic rings. The van der Waals surface area contributed by atoms with Gasteiger partial charge in [-0.2, -0.15) is 0 Å². The highest BCUT2D eigenvalue weighted by atomic mass is 79.9. The molecule has 8 aromatic carbocycles. The third-order valence-corrected chi connectivity index (χ3v) is 18.2. The predicted molar refractivity (Wildman–Crippen MR) is 368 cm³/mol. The number of non-ortho nitro benzene ring substituents is 1. The van der Waals surface area contributed by atoms with Gasteiger partial charge in [0.2, 0.25) is 0 Å². The third kappa shape index (κ3) is 16.5. The van der Waals surface area contributed by atoms with Gasteiger partial charge in [-0.3, -0.25) is 19.9 Å². The Bertz CT molecular complexity index is 4230. The quantitative estimate of drug-likeness (QED) is 0.0911. The lowest BCUT2D eigenvalue weighted by molar-refractivity contribution is -0.384. The first-order valence-electron chi connectivity index (χ1n) is 26.6. The molecular weight excluding hydrogens is 1360 g/mol. The number of nitro benzene ring substituents is 1. The van der Waals surface area contributed by atoms with E-state index in [0.717, 1.165) is 104 Å². The number of carbonyl (C=O) groups excluding carboxylic acids is 2. The number of nitrogens with two attached hydrogens (primary N) is 1. The Hall–Kier alpha value is -7.50. The summed E-state index contributed by atoms with van der Waals surface area (Å²) in [6.07, 6.45) is -0.735. The summed E-state index contributed by atoms with van der Waals surface area (Å²) in [7, 11) is 3.42. The number of nitrogens with zero attached hydrogens (tertiary/aromatic N) is 7. The molecule has 0 saturated heterocycles. The number of amides is 2. The minimum Gasteiger partial charge on any atom is -0.443 e. The molecule has 438 valence electrons. The zero-order valence-electron chi connectivity index (χ0n) is 48.1. The van der Waals surface area contributed by atoms with E-state index in [9.17, 15) is 19.7 Å². The van der Waals surface area contributed by atoms with Gasteiger partial charge in [-0.05, 0) is 206 Å². The highest BCUT2D eigenvalue weighted by Crippen LogP contribution is 2.37. The van der Waals surface area contributed by atoms with Crippen molar-refractivity contribution < 1.29 is 24.0 Å². The molecule has 0 fully saturated rings. The highest BCUT2D eigenvalue weighted by molar-refractivity contribution is 9.11. The molecule has 4 aromatic heterocycles. The zero-order chi connectivity index (χ0) is 61.6. The lowest BCUT2D eigenvalue weighted by Gasteiger charge is -2.24. The summed E-state index contributed by atoms with van der Waals surface area (Å²) in [5, 5.41) is 14.4. The second-order valence-corrected chi connectivity index (χ2v) is 28.4. The molecule has 21 heteroatoms. The largest absolute Gasteiger partial charge is 0.443 e. The van der Waals surface area contributed by atoms with Gasteiger partial charge in [0.05, 0.1) is 45.8 Å². The van der Waals surface area contributed by atoms with Crippen LogP contribution in [0.4, 0.5) is 32.3 Å². The van der Waals surface area contributed by atoms with E-state index >= 15 is 0 Å². The Morgan fingerprint density at radius 1 is 0.465 bits per heavy atom. The van der Waals surface area contributed by atoms with E-state index < -0.39 is 16.1 Å². The maximum atomic E-state index is 12.2. The fourth-order valence-electron chi connectivity index (χ4n) is 8.10. The summed E-state index contributed by atoms with van der Waals surface area (Å²) < 4.78 is 18.5. The van der Waals surface area contributed by atoms with Crippen LogP contribution in [0.2, 0.25) is 0 Å². The molecule has 0 unspecified atom stereocenters. The lowest BCUT2D eigenvalue weighted by Crippen LogP contribution is -2.34. The number of aryl methyl sites for hydroxylation is 1. The van der Waals surface area contributed by atoms with Crippen LogP contribution >= 0.6 is 93.1 Å². The van der Waals surface area contributed by atoms with Crippen LogP contribution in [0.3, 0.4) is 0 Å². The maximum Gasteiger partial charge on any atom is 0.414 e. The predicted octanol–water partition coefficient (Wildman–Crippen LogP) is 20.7. The zero-order valence-corrected chi connectivity index (χ0v) is 56.1. The maximum absolute atomic E-state index is 12.2. The summed E-state index contributed by atoms with van der Waals surface area (Å²) in [4.78, 5) is 56.0. The average Bonchev–Trinajstić information content (AvgIpc) is 4.49. The van der Waals surface area contributed by atoms with E-state index in [-0.39, 0.29) is 17.9 Å². The van der Waals surface area contributed by atoms with E-state index in [1.165, 1.54) is 36.9 Å². The smallest absolute Gasteiger partial charge is 0.414 e. The van der Waals surface area contributed by atoms with Crippen LogP contribution in [-0.2, 0) is 9.47 Å². The summed E-state index contributed by atoms with van der Waals surface area (Å²) in [5.41, 5.74) is 16.4. The van der Waals surface area contributed by atoms with Gasteiger partial charge in [0, 0.05) is 79.0 Å². The molecule has 12 aromatic rings. The average molecular weight is 1410 g/mol. The number of nitro groups is 1. The molecule has 86 heavy (non-hydrogen) atoms. The molecule has 0 atom stereocenters. The molecule has 0 radical (unpaired) electrons. The standard InChI is InChI=1S/C20H22N2O2S.C19H19BrN2O2S.C13H7BrN2O2S.C13H9BrN2S/c1-13-6-11-16-17(12-13)25-18(21-16)14-7-9-15(10-8-14)22(5)19(23)24-20(2,3)4;1-19(2,3)24-18(23)22(4)14-8-5-12(6-9-14)17-21-15-10-7-13(20)11-16(15)25-17;14-9-3-6-11-12(7-9)19-13(15-11)8-1-4-10(5-2-8)16(17)18;14-9-3-6-11-12(7-9)17-13(16-11)8-1-4-10(15)5-2-8/h6-12H,1-5H3;5-11H,1-4H3;1-7H;1-7H,15H2. The molecule has 12 rings (SSSR count). The van der Waals surface area contributed by atoms with Crippen LogP contribution in [0.25, 0.3) is 83.2 Å². The molecule has 2 N–H and O–H groups in total. The van der Waals surface area contributed by atoms with Gasteiger partial charge in [-0.25, -0.2) is 29.5 Å². The second kappa shape index (κ2) is 27.0. The fourth-order valence-corrected chi connectivity index (χ4v) is 13.7. The number of thiazole rings is 4. The number of hydrogen-bond donors (Lipinski definition) is 1. The molecule has 0 aliphatic heterocycles. The van der Waals surface area contributed by atoms with Crippen molar-refractivity contribution in [2.75, 3.05) is 29.6 Å². The van der Waals surface area contributed by atoms with E-state index in [4.69, 9.17) is 20.2 Å². The number of ether oxygens (including phenoxy) is 2.